The van der Waals surface area contributed by atoms with Crippen LogP contribution in [0.15, 0.2) is 194 Å². The maximum absolute atomic E-state index is 2.52. The molecule has 0 saturated carbocycles. The van der Waals surface area contributed by atoms with Gasteiger partial charge in [0.25, 0.3) is 0 Å². The lowest BCUT2D eigenvalue weighted by Gasteiger charge is -2.30. The van der Waals surface area contributed by atoms with Crippen LogP contribution >= 0.6 is 0 Å². The summed E-state index contributed by atoms with van der Waals surface area (Å²) in [6.07, 6.45) is 3.22. The maximum Gasteiger partial charge on any atom is 0.0725 e. The van der Waals surface area contributed by atoms with Gasteiger partial charge >= 0.3 is 0 Å². The highest BCUT2D eigenvalue weighted by atomic mass is 15.0. The second kappa shape index (κ2) is 11.7. The number of benzene rings is 8. The third kappa shape index (κ3) is 4.38. The molecule has 9 aromatic rings. The van der Waals surface area contributed by atoms with Gasteiger partial charge < -0.3 is 4.57 Å². The molecule has 1 heteroatoms. The third-order valence-corrected chi connectivity index (χ3v) is 11.7. The van der Waals surface area contributed by atoms with Crippen molar-refractivity contribution in [2.75, 3.05) is 0 Å². The number of para-hydroxylation sites is 2. The Kier molecular flexibility index (Phi) is 6.60. The highest BCUT2D eigenvalue weighted by molar-refractivity contribution is 6.10. The molecule has 0 N–H and O–H groups in total. The van der Waals surface area contributed by atoms with E-state index in [0.717, 1.165) is 6.42 Å². The molecule has 0 saturated heterocycles. The van der Waals surface area contributed by atoms with Gasteiger partial charge in [0.05, 0.1) is 16.4 Å². The van der Waals surface area contributed by atoms with E-state index < -0.39 is 0 Å². The Morgan fingerprint density at radius 1 is 0.434 bits per heavy atom. The van der Waals surface area contributed by atoms with Crippen molar-refractivity contribution in [2.45, 2.75) is 11.8 Å². The molecule has 1 nitrogen and oxygen atoms in total. The average molecular weight is 674 g/mol. The zero-order chi connectivity index (χ0) is 34.9. The van der Waals surface area contributed by atoms with E-state index in [9.17, 15) is 0 Å². The Labute approximate surface area is 309 Å². The number of nitrogens with zero attached hydrogens (tertiary/aromatic N) is 1. The van der Waals surface area contributed by atoms with Crippen molar-refractivity contribution in [1.82, 2.24) is 4.57 Å². The average Bonchev–Trinajstić information content (AvgIpc) is 3.83. The van der Waals surface area contributed by atoms with Crippen LogP contribution in [0.1, 0.15) is 38.9 Å². The number of aromatic nitrogens is 1. The SMILES string of the molecule is C(=C(/Cc1ccc2c(c1)C1(c3ccccc3-c3ccccc31)c1ccccc1-2)c1ccccc1)/c1ccc2c(c1)c1ccccc1n2-c1ccccc1. The van der Waals surface area contributed by atoms with Gasteiger partial charge in [-0.2, -0.15) is 0 Å². The van der Waals surface area contributed by atoms with Crippen LogP contribution in [-0.2, 0) is 11.8 Å². The predicted molar refractivity (Wildman–Crippen MR) is 222 cm³/mol. The summed E-state index contributed by atoms with van der Waals surface area (Å²) in [5, 5.41) is 2.53. The molecule has 53 heavy (non-hydrogen) atoms. The van der Waals surface area contributed by atoms with Gasteiger partial charge in [0.15, 0.2) is 0 Å². The van der Waals surface area contributed by atoms with Crippen LogP contribution in [0, 0.1) is 0 Å². The molecule has 1 aromatic heterocycles. The van der Waals surface area contributed by atoms with Crippen LogP contribution in [0.25, 0.3) is 61.4 Å². The summed E-state index contributed by atoms with van der Waals surface area (Å²) in [5.74, 6) is 0. The molecule has 8 aromatic carbocycles. The summed E-state index contributed by atoms with van der Waals surface area (Å²) in [6.45, 7) is 0. The first-order chi connectivity index (χ1) is 26.3. The number of allylic oxidation sites excluding steroid dienone is 1. The maximum atomic E-state index is 2.52. The fraction of sp³-hybridized carbons (Fsp3) is 0.0385. The number of hydrogen-bond donors (Lipinski definition) is 0. The molecule has 2 aliphatic rings. The molecule has 2 aliphatic carbocycles. The smallest absolute Gasteiger partial charge is 0.0725 e. The van der Waals surface area contributed by atoms with E-state index in [0.29, 0.717) is 0 Å². The van der Waals surface area contributed by atoms with Gasteiger partial charge in [0.2, 0.25) is 0 Å². The number of hydrogen-bond acceptors (Lipinski definition) is 0. The number of rotatable bonds is 5. The van der Waals surface area contributed by atoms with Crippen molar-refractivity contribution in [3.05, 3.63) is 233 Å². The molecular formula is C52H35N. The molecule has 0 radical (unpaired) electrons. The van der Waals surface area contributed by atoms with E-state index in [1.54, 1.807) is 0 Å². The van der Waals surface area contributed by atoms with Gasteiger partial charge in [-0.25, -0.2) is 0 Å². The summed E-state index contributed by atoms with van der Waals surface area (Å²) in [5.41, 5.74) is 19.2. The molecule has 1 heterocycles. The minimum absolute atomic E-state index is 0.344. The lowest BCUT2D eigenvalue weighted by atomic mass is 9.70. The van der Waals surface area contributed by atoms with Crippen LogP contribution in [0.5, 0.6) is 0 Å². The Morgan fingerprint density at radius 3 is 1.66 bits per heavy atom. The zero-order valence-electron chi connectivity index (χ0n) is 29.2. The van der Waals surface area contributed by atoms with Crippen molar-refractivity contribution in [3.63, 3.8) is 0 Å². The lowest BCUT2D eigenvalue weighted by molar-refractivity contribution is 0.792. The second-order valence-corrected chi connectivity index (χ2v) is 14.4. The van der Waals surface area contributed by atoms with Gasteiger partial charge in [-0.05, 0) is 104 Å². The van der Waals surface area contributed by atoms with E-state index >= 15 is 0 Å². The molecule has 248 valence electrons. The Bertz CT molecular complexity index is 2840. The predicted octanol–water partition coefficient (Wildman–Crippen LogP) is 12.9. The molecule has 0 atom stereocenters. The van der Waals surface area contributed by atoms with Gasteiger partial charge in [0.1, 0.15) is 0 Å². The first kappa shape index (κ1) is 30.0. The highest BCUT2D eigenvalue weighted by Crippen LogP contribution is 2.62. The zero-order valence-corrected chi connectivity index (χ0v) is 29.2. The van der Waals surface area contributed by atoms with Gasteiger partial charge in [0, 0.05) is 16.5 Å². The van der Waals surface area contributed by atoms with Gasteiger partial charge in [-0.1, -0.05) is 170 Å². The van der Waals surface area contributed by atoms with E-state index in [1.165, 1.54) is 94.3 Å². The summed E-state index contributed by atoms with van der Waals surface area (Å²) < 4.78 is 2.38. The molecule has 0 aliphatic heterocycles. The Balaban J connectivity index is 1.08. The van der Waals surface area contributed by atoms with E-state index in [4.69, 9.17) is 0 Å². The van der Waals surface area contributed by atoms with Crippen LogP contribution < -0.4 is 0 Å². The minimum atomic E-state index is -0.344. The van der Waals surface area contributed by atoms with Crippen molar-refractivity contribution in [1.29, 1.82) is 0 Å². The van der Waals surface area contributed by atoms with E-state index in [-0.39, 0.29) is 5.41 Å². The van der Waals surface area contributed by atoms with E-state index in [2.05, 4.69) is 205 Å². The second-order valence-electron chi connectivity index (χ2n) is 14.4. The molecular weight excluding hydrogens is 639 g/mol. The van der Waals surface area contributed by atoms with Crippen LogP contribution in [0.2, 0.25) is 0 Å². The quantitative estimate of drug-likeness (QED) is 0.160. The van der Waals surface area contributed by atoms with Crippen molar-refractivity contribution in [2.24, 2.45) is 0 Å². The fourth-order valence-electron chi connectivity index (χ4n) is 9.50. The summed E-state index contributed by atoms with van der Waals surface area (Å²) >= 11 is 0. The van der Waals surface area contributed by atoms with Gasteiger partial charge in [-0.3, -0.25) is 0 Å². The minimum Gasteiger partial charge on any atom is -0.309 e. The van der Waals surface area contributed by atoms with Crippen molar-refractivity contribution >= 4 is 33.5 Å². The first-order valence-electron chi connectivity index (χ1n) is 18.6. The van der Waals surface area contributed by atoms with E-state index in [1.807, 2.05) is 0 Å². The largest absolute Gasteiger partial charge is 0.309 e. The molecule has 1 spiro atoms. The third-order valence-electron chi connectivity index (χ3n) is 11.7. The van der Waals surface area contributed by atoms with Gasteiger partial charge in [-0.15, -0.1) is 0 Å². The van der Waals surface area contributed by atoms with Crippen LogP contribution in [0.3, 0.4) is 0 Å². The monoisotopic (exact) mass is 673 g/mol. The van der Waals surface area contributed by atoms with Crippen molar-refractivity contribution in [3.8, 4) is 27.9 Å². The first-order valence-corrected chi connectivity index (χ1v) is 18.6. The lowest BCUT2D eigenvalue weighted by Crippen LogP contribution is -2.26. The molecule has 11 rings (SSSR count). The Hall–Kier alpha value is -6.70. The summed E-state index contributed by atoms with van der Waals surface area (Å²) in [6, 6.07) is 71.7. The molecule has 0 bridgehead atoms. The number of fused-ring (bicyclic) bond motifs is 13. The molecule has 0 fully saturated rings. The summed E-state index contributed by atoms with van der Waals surface area (Å²) in [4.78, 5) is 0. The topological polar surface area (TPSA) is 4.93 Å². The highest BCUT2D eigenvalue weighted by Gasteiger charge is 2.51. The van der Waals surface area contributed by atoms with Crippen LogP contribution in [-0.4, -0.2) is 4.57 Å². The molecule has 0 amide bonds. The standard InChI is InChI=1S/C52H35N/c1-3-15-37(16-4-1)38(31-35-28-30-51-45(33-35)44-22-10-14-26-50(44)53(51)39-17-5-2-6-18-39)32-36-27-29-43-42-21-9-13-25-48(42)52(49(43)34-36)46-23-11-7-19-40(46)41-20-8-12-24-47(41)52/h1-31,33-34H,32H2/b38-31+. The fourth-order valence-corrected chi connectivity index (χ4v) is 9.50. The normalized spacial score (nSPS) is 13.6. The summed E-state index contributed by atoms with van der Waals surface area (Å²) in [7, 11) is 0. The van der Waals surface area contributed by atoms with Crippen LogP contribution in [0.4, 0.5) is 0 Å². The molecule has 0 unspecified atom stereocenters. The van der Waals surface area contributed by atoms with Crippen molar-refractivity contribution < 1.29 is 0 Å². The Morgan fingerprint density at radius 2 is 0.981 bits per heavy atom.